The number of rotatable bonds is 5. The molecule has 0 saturated heterocycles. The summed E-state index contributed by atoms with van der Waals surface area (Å²) in [7, 11) is 3.25. The first-order valence-electron chi connectivity index (χ1n) is 6.76. The second kappa shape index (κ2) is 7.04. The molecule has 0 radical (unpaired) electrons. The number of alkyl halides is 1. The molecule has 0 fully saturated rings. The molecule has 0 aliphatic rings. The van der Waals surface area contributed by atoms with E-state index in [2.05, 4.69) is 43.6 Å². The summed E-state index contributed by atoms with van der Waals surface area (Å²) in [4.78, 5) is 0.198. The van der Waals surface area contributed by atoms with Crippen molar-refractivity contribution in [2.75, 3.05) is 14.2 Å². The second-order valence-corrected chi connectivity index (χ2v) is 7.71. The molecule has 2 atom stereocenters. The van der Waals surface area contributed by atoms with Crippen LogP contribution in [0.1, 0.15) is 44.5 Å². The molecular formula is C16H24BrClO2. The Kier molecular flexibility index (Phi) is 6.21. The molecule has 0 bridgehead atoms. The summed E-state index contributed by atoms with van der Waals surface area (Å²) in [6, 6.07) is 3.77. The molecule has 0 amide bonds. The fraction of sp³-hybridized carbons (Fsp3) is 0.625. The van der Waals surface area contributed by atoms with Crippen LogP contribution >= 0.6 is 27.5 Å². The highest BCUT2D eigenvalue weighted by Crippen LogP contribution is 2.43. The molecule has 2 nitrogen and oxygen atoms in total. The van der Waals surface area contributed by atoms with Crippen molar-refractivity contribution in [3.05, 3.63) is 22.7 Å². The van der Waals surface area contributed by atoms with Crippen molar-refractivity contribution in [1.29, 1.82) is 0 Å². The average molecular weight is 364 g/mol. The standard InChI is InChI=1S/C16H24BrClO2/c1-10(16(2,3)4)7-12(17)11-8-14(19-5)15(20-6)9-13(11)18/h8-10,12H,7H2,1-6H3. The predicted molar refractivity (Wildman–Crippen MR) is 89.5 cm³/mol. The van der Waals surface area contributed by atoms with Gasteiger partial charge in [0.25, 0.3) is 0 Å². The fourth-order valence-electron chi connectivity index (χ4n) is 1.90. The van der Waals surface area contributed by atoms with E-state index in [-0.39, 0.29) is 10.2 Å². The van der Waals surface area contributed by atoms with Crippen LogP contribution in [-0.4, -0.2) is 14.2 Å². The van der Waals surface area contributed by atoms with Gasteiger partial charge in [0.15, 0.2) is 11.5 Å². The van der Waals surface area contributed by atoms with Crippen LogP contribution in [0.2, 0.25) is 5.02 Å². The van der Waals surface area contributed by atoms with Gasteiger partial charge in [-0.1, -0.05) is 55.2 Å². The maximum Gasteiger partial charge on any atom is 0.162 e. The van der Waals surface area contributed by atoms with Crippen LogP contribution in [0.5, 0.6) is 11.5 Å². The smallest absolute Gasteiger partial charge is 0.162 e. The minimum Gasteiger partial charge on any atom is -0.493 e. The molecule has 1 aromatic carbocycles. The van der Waals surface area contributed by atoms with Crippen LogP contribution in [0.25, 0.3) is 0 Å². The largest absolute Gasteiger partial charge is 0.493 e. The monoisotopic (exact) mass is 362 g/mol. The number of hydrogen-bond donors (Lipinski definition) is 0. The van der Waals surface area contributed by atoms with Crippen molar-refractivity contribution in [2.45, 2.75) is 38.9 Å². The highest BCUT2D eigenvalue weighted by Gasteiger charge is 2.25. The van der Waals surface area contributed by atoms with E-state index in [4.69, 9.17) is 21.1 Å². The number of methoxy groups -OCH3 is 2. The molecular weight excluding hydrogens is 340 g/mol. The van der Waals surface area contributed by atoms with E-state index in [0.717, 1.165) is 12.0 Å². The lowest BCUT2D eigenvalue weighted by Gasteiger charge is -2.29. The zero-order chi connectivity index (χ0) is 15.5. The summed E-state index contributed by atoms with van der Waals surface area (Å²) in [5.74, 6) is 1.93. The van der Waals surface area contributed by atoms with Crippen molar-refractivity contribution < 1.29 is 9.47 Å². The molecule has 2 unspecified atom stereocenters. The van der Waals surface area contributed by atoms with Gasteiger partial charge in [-0.15, -0.1) is 0 Å². The molecule has 0 heterocycles. The third-order valence-corrected chi connectivity index (χ3v) is 5.07. The molecule has 0 aliphatic carbocycles. The van der Waals surface area contributed by atoms with E-state index in [0.29, 0.717) is 22.4 Å². The van der Waals surface area contributed by atoms with Crippen LogP contribution in [0, 0.1) is 11.3 Å². The van der Waals surface area contributed by atoms with E-state index in [1.165, 1.54) is 0 Å². The molecule has 0 N–H and O–H groups in total. The van der Waals surface area contributed by atoms with Gasteiger partial charge in [0.1, 0.15) is 0 Å². The lowest BCUT2D eigenvalue weighted by Crippen LogP contribution is -2.18. The van der Waals surface area contributed by atoms with Crippen molar-refractivity contribution >= 4 is 27.5 Å². The first kappa shape index (κ1) is 17.6. The third-order valence-electron chi connectivity index (χ3n) is 3.88. The van der Waals surface area contributed by atoms with E-state index >= 15 is 0 Å². The Morgan fingerprint density at radius 3 is 2.10 bits per heavy atom. The molecule has 0 aliphatic heterocycles. The zero-order valence-corrected chi connectivity index (χ0v) is 15.4. The lowest BCUT2D eigenvalue weighted by atomic mass is 9.79. The summed E-state index contributed by atoms with van der Waals surface area (Å²) in [5.41, 5.74) is 1.31. The molecule has 0 spiro atoms. The summed E-state index contributed by atoms with van der Waals surface area (Å²) < 4.78 is 10.6. The quantitative estimate of drug-likeness (QED) is 0.609. The Hall–Kier alpha value is -0.410. The molecule has 0 saturated carbocycles. The zero-order valence-electron chi connectivity index (χ0n) is 13.1. The van der Waals surface area contributed by atoms with Crippen molar-refractivity contribution in [3.8, 4) is 11.5 Å². The lowest BCUT2D eigenvalue weighted by molar-refractivity contribution is 0.246. The van der Waals surface area contributed by atoms with Gasteiger partial charge in [-0.2, -0.15) is 0 Å². The fourth-order valence-corrected chi connectivity index (χ4v) is 3.26. The molecule has 4 heteroatoms. The Balaban J connectivity index is 3.01. The van der Waals surface area contributed by atoms with Gasteiger partial charge in [0, 0.05) is 15.9 Å². The first-order chi connectivity index (χ1) is 9.20. The van der Waals surface area contributed by atoms with Gasteiger partial charge < -0.3 is 9.47 Å². The summed E-state index contributed by atoms with van der Waals surface area (Å²) in [5, 5.41) is 0.700. The highest BCUT2D eigenvalue weighted by atomic mass is 79.9. The topological polar surface area (TPSA) is 18.5 Å². The second-order valence-electron chi connectivity index (χ2n) is 6.20. The predicted octanol–water partition coefficient (Wildman–Crippen LogP) is 5.87. The number of halogens is 2. The van der Waals surface area contributed by atoms with Crippen molar-refractivity contribution in [1.82, 2.24) is 0 Å². The van der Waals surface area contributed by atoms with Crippen molar-refractivity contribution in [2.24, 2.45) is 11.3 Å². The number of ether oxygens (including phenoxy) is 2. The van der Waals surface area contributed by atoms with Gasteiger partial charge in [-0.25, -0.2) is 0 Å². The van der Waals surface area contributed by atoms with Gasteiger partial charge in [-0.05, 0) is 29.4 Å². The maximum atomic E-state index is 6.36. The Morgan fingerprint density at radius 2 is 1.65 bits per heavy atom. The normalized spacial score (nSPS) is 14.8. The molecule has 0 aromatic heterocycles. The Labute approximate surface area is 135 Å². The number of benzene rings is 1. The average Bonchev–Trinajstić information content (AvgIpc) is 2.36. The maximum absolute atomic E-state index is 6.36. The van der Waals surface area contributed by atoms with Gasteiger partial charge in [0.05, 0.1) is 14.2 Å². The Bertz CT molecular complexity index is 455. The van der Waals surface area contributed by atoms with Crippen LogP contribution in [-0.2, 0) is 0 Å². The third kappa shape index (κ3) is 4.29. The van der Waals surface area contributed by atoms with Crippen LogP contribution < -0.4 is 9.47 Å². The van der Waals surface area contributed by atoms with E-state index in [1.807, 2.05) is 12.1 Å². The van der Waals surface area contributed by atoms with Crippen LogP contribution in [0.4, 0.5) is 0 Å². The Morgan fingerprint density at radius 1 is 1.15 bits per heavy atom. The molecule has 20 heavy (non-hydrogen) atoms. The van der Waals surface area contributed by atoms with E-state index in [1.54, 1.807) is 14.2 Å². The highest BCUT2D eigenvalue weighted by molar-refractivity contribution is 9.09. The van der Waals surface area contributed by atoms with Gasteiger partial charge in [0.2, 0.25) is 0 Å². The molecule has 1 rings (SSSR count). The van der Waals surface area contributed by atoms with Gasteiger partial charge >= 0.3 is 0 Å². The van der Waals surface area contributed by atoms with E-state index in [9.17, 15) is 0 Å². The van der Waals surface area contributed by atoms with Crippen LogP contribution in [0.15, 0.2) is 12.1 Å². The SMILES string of the molecule is COc1cc(Cl)c(C(Br)CC(C)C(C)(C)C)cc1OC. The number of hydrogen-bond acceptors (Lipinski definition) is 2. The molecule has 1 aromatic rings. The summed E-state index contributed by atoms with van der Waals surface area (Å²) in [6.07, 6.45) is 1.01. The van der Waals surface area contributed by atoms with Crippen molar-refractivity contribution in [3.63, 3.8) is 0 Å². The summed E-state index contributed by atoms with van der Waals surface area (Å²) in [6.45, 7) is 9.04. The van der Waals surface area contributed by atoms with E-state index < -0.39 is 0 Å². The summed E-state index contributed by atoms with van der Waals surface area (Å²) >= 11 is 10.1. The first-order valence-corrected chi connectivity index (χ1v) is 8.05. The minimum absolute atomic E-state index is 0.198. The van der Waals surface area contributed by atoms with Crippen LogP contribution in [0.3, 0.4) is 0 Å². The minimum atomic E-state index is 0.198. The van der Waals surface area contributed by atoms with Gasteiger partial charge in [-0.3, -0.25) is 0 Å². The molecule has 114 valence electrons.